The molecule has 5 atom stereocenters. The summed E-state index contributed by atoms with van der Waals surface area (Å²) in [5, 5.41) is 2.62. The molecule has 5 rings (SSSR count). The minimum absolute atomic E-state index is 0.0413. The molecule has 1 saturated heterocycles. The molecule has 1 aliphatic carbocycles. The van der Waals surface area contributed by atoms with E-state index in [4.69, 9.17) is 58.5 Å². The number of ketones is 1. The number of benzene rings is 3. The molecular weight excluding hydrogens is 741 g/mol. The summed E-state index contributed by atoms with van der Waals surface area (Å²) in [6.07, 6.45) is -5.10. The summed E-state index contributed by atoms with van der Waals surface area (Å²) >= 11 is 19.0. The zero-order valence-electron chi connectivity index (χ0n) is 27.9. The van der Waals surface area contributed by atoms with Gasteiger partial charge in [0.05, 0.1) is 19.6 Å². The molecule has 2 aliphatic rings. The van der Waals surface area contributed by atoms with E-state index in [0.717, 1.165) is 27.8 Å². The number of rotatable bonds is 14. The lowest BCUT2D eigenvalue weighted by Gasteiger charge is -2.45. The number of ether oxygens (including phenoxy) is 5. The van der Waals surface area contributed by atoms with Crippen LogP contribution in [0.4, 0.5) is 4.79 Å². The van der Waals surface area contributed by atoms with Crippen molar-refractivity contribution in [3.8, 4) is 11.1 Å². The topological polar surface area (TPSA) is 126 Å². The van der Waals surface area contributed by atoms with E-state index in [1.807, 2.05) is 85.8 Å². The molecule has 272 valence electrons. The minimum atomic E-state index is -2.37. The number of fused-ring (bicyclic) bond motifs is 3. The van der Waals surface area contributed by atoms with Gasteiger partial charge in [0.25, 0.3) is 9.70 Å². The molecule has 1 amide bonds. The van der Waals surface area contributed by atoms with Crippen LogP contribution in [0.15, 0.2) is 78.9 Å². The lowest BCUT2D eigenvalue weighted by atomic mass is 9.97. The predicted octanol–water partition coefficient (Wildman–Crippen LogP) is 7.15. The van der Waals surface area contributed by atoms with Gasteiger partial charge in [-0.25, -0.2) is 4.79 Å². The van der Waals surface area contributed by atoms with Gasteiger partial charge in [0.15, 0.2) is 12.2 Å². The molecule has 51 heavy (non-hydrogen) atoms. The van der Waals surface area contributed by atoms with E-state index < -0.39 is 51.6 Å². The molecule has 3 aromatic rings. The van der Waals surface area contributed by atoms with Crippen molar-refractivity contribution in [2.45, 2.75) is 72.8 Å². The number of hydrogen-bond acceptors (Lipinski definition) is 10. The van der Waals surface area contributed by atoms with Crippen LogP contribution in [0.3, 0.4) is 0 Å². The van der Waals surface area contributed by atoms with Crippen LogP contribution in [-0.4, -0.2) is 76.4 Å². The monoisotopic (exact) mass is 777 g/mol. The number of hydrogen-bond donors (Lipinski definition) is 1. The first-order valence-corrected chi connectivity index (χ1v) is 18.6. The minimum Gasteiger partial charge on any atom is -0.456 e. The van der Waals surface area contributed by atoms with Crippen molar-refractivity contribution in [1.29, 1.82) is 0 Å². The number of thioether (sulfide) groups is 1. The van der Waals surface area contributed by atoms with E-state index in [2.05, 4.69) is 5.32 Å². The van der Waals surface area contributed by atoms with Crippen LogP contribution in [0.2, 0.25) is 0 Å². The molecule has 1 heterocycles. The van der Waals surface area contributed by atoms with Crippen LogP contribution in [0, 0.1) is 0 Å². The lowest BCUT2D eigenvalue weighted by Crippen LogP contribution is -2.66. The second kappa shape index (κ2) is 17.9. The average molecular weight is 779 g/mol. The summed E-state index contributed by atoms with van der Waals surface area (Å²) in [7, 11) is 0. The Labute approximate surface area is 315 Å². The van der Waals surface area contributed by atoms with E-state index in [-0.39, 0.29) is 44.4 Å². The highest BCUT2D eigenvalue weighted by atomic mass is 35.6. The maximum absolute atomic E-state index is 13.6. The smallest absolute Gasteiger partial charge is 0.456 e. The molecule has 0 bridgehead atoms. The van der Waals surface area contributed by atoms with Crippen molar-refractivity contribution < 1.29 is 42.9 Å². The molecule has 0 aromatic heterocycles. The van der Waals surface area contributed by atoms with Crippen molar-refractivity contribution in [3.63, 3.8) is 0 Å². The van der Waals surface area contributed by atoms with Crippen molar-refractivity contribution in [3.05, 3.63) is 95.6 Å². The Morgan fingerprint density at radius 1 is 0.824 bits per heavy atom. The van der Waals surface area contributed by atoms with E-state index >= 15 is 0 Å². The Morgan fingerprint density at radius 3 is 2.06 bits per heavy atom. The number of Topliss-reactive ketones (excluding diaryl/α,β-unsaturated/α-hetero) is 1. The van der Waals surface area contributed by atoms with Gasteiger partial charge in [-0.1, -0.05) is 121 Å². The molecule has 0 radical (unpaired) electrons. The molecule has 0 saturated carbocycles. The third-order valence-corrected chi connectivity index (χ3v) is 10.0. The van der Waals surface area contributed by atoms with Crippen molar-refractivity contribution in [2.24, 2.45) is 0 Å². The van der Waals surface area contributed by atoms with Gasteiger partial charge in [-0.3, -0.25) is 9.59 Å². The molecule has 1 N–H and O–H groups in total. The van der Waals surface area contributed by atoms with Crippen LogP contribution < -0.4 is 5.32 Å². The molecule has 0 spiro atoms. The average Bonchev–Trinajstić information content (AvgIpc) is 3.42. The summed E-state index contributed by atoms with van der Waals surface area (Å²) in [6, 6.07) is 24.1. The first-order valence-electron chi connectivity index (χ1n) is 16.4. The molecule has 14 heteroatoms. The highest BCUT2D eigenvalue weighted by Gasteiger charge is 2.52. The standard InChI is InChI=1S/C37H38Cl3NO9S/c1-3-51-34-31(41-35(44)37(38,39)40)33(49-30(43)18-17-22(2)42)32(29(48-34)21-46-19-23-11-5-4-6-12-23)50-36(45)47-20-28-26-15-9-7-13-24(26)25-14-8-10-16-27(25)28/h4-16,28-29,31-34H,3,17-21H2,1-2H3,(H,41,44)/t29-,31-,32-,33-,34+/m1/s1. The number of carbonyl (C=O) groups excluding carboxylic acids is 4. The van der Waals surface area contributed by atoms with E-state index in [1.165, 1.54) is 18.7 Å². The van der Waals surface area contributed by atoms with Gasteiger partial charge in [0.1, 0.15) is 30.0 Å². The van der Waals surface area contributed by atoms with Crippen molar-refractivity contribution in [1.82, 2.24) is 5.32 Å². The van der Waals surface area contributed by atoms with Crippen LogP contribution >= 0.6 is 46.6 Å². The van der Waals surface area contributed by atoms with Crippen LogP contribution in [0.1, 0.15) is 49.3 Å². The number of alkyl halides is 3. The zero-order chi connectivity index (χ0) is 36.5. The first kappa shape index (κ1) is 38.9. The maximum atomic E-state index is 13.6. The Balaban J connectivity index is 1.42. The fraction of sp³-hybridized carbons (Fsp3) is 0.405. The Hall–Kier alpha value is -3.32. The van der Waals surface area contributed by atoms with Crippen molar-refractivity contribution >= 4 is 70.4 Å². The van der Waals surface area contributed by atoms with E-state index in [0.29, 0.717) is 5.75 Å². The van der Waals surface area contributed by atoms with Crippen molar-refractivity contribution in [2.75, 3.05) is 19.0 Å². The number of amides is 1. The number of halogens is 3. The van der Waals surface area contributed by atoms with E-state index in [1.54, 1.807) is 0 Å². The number of carbonyl (C=O) groups is 4. The third kappa shape index (κ3) is 10.2. The van der Waals surface area contributed by atoms with Crippen LogP contribution in [0.5, 0.6) is 0 Å². The van der Waals surface area contributed by atoms with Gasteiger partial charge < -0.3 is 33.8 Å². The van der Waals surface area contributed by atoms with Crippen LogP contribution in [0.25, 0.3) is 11.1 Å². The van der Waals surface area contributed by atoms with Gasteiger partial charge in [-0.2, -0.15) is 0 Å². The highest BCUT2D eigenvalue weighted by molar-refractivity contribution is 7.99. The van der Waals surface area contributed by atoms with Gasteiger partial charge >= 0.3 is 12.1 Å². The zero-order valence-corrected chi connectivity index (χ0v) is 31.0. The second-order valence-corrected chi connectivity index (χ2v) is 15.7. The van der Waals surface area contributed by atoms with Gasteiger partial charge in [0, 0.05) is 12.3 Å². The fourth-order valence-electron chi connectivity index (χ4n) is 6.11. The summed E-state index contributed by atoms with van der Waals surface area (Å²) in [5.74, 6) is -1.73. The molecule has 1 aliphatic heterocycles. The second-order valence-electron chi connectivity index (χ2n) is 12.0. The Kier molecular flexibility index (Phi) is 13.7. The van der Waals surface area contributed by atoms with Crippen LogP contribution in [-0.2, 0) is 44.7 Å². The molecule has 0 unspecified atom stereocenters. The largest absolute Gasteiger partial charge is 0.508 e. The highest BCUT2D eigenvalue weighted by Crippen LogP contribution is 2.44. The fourth-order valence-corrected chi connectivity index (χ4v) is 7.25. The molecule has 1 fully saturated rings. The normalized spacial score (nSPS) is 21.2. The summed E-state index contributed by atoms with van der Waals surface area (Å²) in [4.78, 5) is 51.5. The van der Waals surface area contributed by atoms with Gasteiger partial charge in [-0.05, 0) is 40.5 Å². The molecular formula is C37H38Cl3NO9S. The van der Waals surface area contributed by atoms with Gasteiger partial charge in [-0.15, -0.1) is 11.8 Å². The third-order valence-electron chi connectivity index (χ3n) is 8.44. The van der Waals surface area contributed by atoms with Gasteiger partial charge in [0.2, 0.25) is 0 Å². The summed E-state index contributed by atoms with van der Waals surface area (Å²) in [6.45, 7) is 3.29. The quantitative estimate of drug-likeness (QED) is 0.133. The Morgan fingerprint density at radius 2 is 1.45 bits per heavy atom. The van der Waals surface area contributed by atoms with E-state index in [9.17, 15) is 19.2 Å². The maximum Gasteiger partial charge on any atom is 0.508 e. The summed E-state index contributed by atoms with van der Waals surface area (Å²) in [5.41, 5.74) is 4.15. The number of esters is 1. The predicted molar refractivity (Wildman–Crippen MR) is 195 cm³/mol. The lowest BCUT2D eigenvalue weighted by molar-refractivity contribution is -0.203. The molecule has 3 aromatic carbocycles. The summed E-state index contributed by atoms with van der Waals surface area (Å²) < 4.78 is 27.6. The Bertz CT molecular complexity index is 1640. The molecule has 10 nitrogen and oxygen atoms in total. The first-order chi connectivity index (χ1) is 24.5. The SMILES string of the molecule is CCS[C@@H]1O[C@H](COCc2ccccc2)[C@@H](OC(=O)OCC2c3ccccc3-c3ccccc32)[C@H](OC(=O)CCC(C)=O)[C@H]1NC(=O)C(Cl)(Cl)Cl. The number of nitrogens with one attached hydrogen (secondary N) is 1.